The summed E-state index contributed by atoms with van der Waals surface area (Å²) in [6, 6.07) is 6.89. The summed E-state index contributed by atoms with van der Waals surface area (Å²) >= 11 is 0. The number of rotatable bonds is 6. The van der Waals surface area contributed by atoms with E-state index in [-0.39, 0.29) is 23.5 Å². The van der Waals surface area contributed by atoms with Crippen molar-refractivity contribution in [2.24, 2.45) is 0 Å². The summed E-state index contributed by atoms with van der Waals surface area (Å²) in [5, 5.41) is 13.0. The molecule has 0 saturated heterocycles. The molecule has 1 aliphatic rings. The van der Waals surface area contributed by atoms with Crippen LogP contribution in [0.25, 0.3) is 5.82 Å². The molecule has 1 fully saturated rings. The molecular weight excluding hydrogens is 366 g/mol. The van der Waals surface area contributed by atoms with E-state index in [1.807, 2.05) is 26.0 Å². The fraction of sp³-hybridized carbons (Fsp3) is 0.350. The third-order valence-corrected chi connectivity index (χ3v) is 4.37. The SMILES string of the molecule is Cc1c(Oc2ccc(F)cc2F)c(OC(C)C)nn1-c1ccc(C2CC2)nn1. The number of hydrogen-bond acceptors (Lipinski definition) is 5. The fourth-order valence-electron chi connectivity index (χ4n) is 2.82. The van der Waals surface area contributed by atoms with E-state index in [2.05, 4.69) is 15.3 Å². The molecule has 0 N–H and O–H groups in total. The van der Waals surface area contributed by atoms with Crippen LogP contribution in [0.3, 0.4) is 0 Å². The number of benzene rings is 1. The van der Waals surface area contributed by atoms with Crippen LogP contribution in [0.15, 0.2) is 30.3 Å². The van der Waals surface area contributed by atoms with Gasteiger partial charge < -0.3 is 9.47 Å². The van der Waals surface area contributed by atoms with Crippen molar-refractivity contribution in [2.45, 2.75) is 45.6 Å². The Morgan fingerprint density at radius 1 is 1.11 bits per heavy atom. The van der Waals surface area contributed by atoms with Gasteiger partial charge in [0.2, 0.25) is 5.75 Å². The predicted octanol–water partition coefficient (Wildman–Crippen LogP) is 4.71. The quantitative estimate of drug-likeness (QED) is 0.614. The first-order valence-corrected chi connectivity index (χ1v) is 9.15. The first-order valence-electron chi connectivity index (χ1n) is 9.15. The summed E-state index contributed by atoms with van der Waals surface area (Å²) in [7, 11) is 0. The Kier molecular flexibility index (Phi) is 4.70. The van der Waals surface area contributed by atoms with Gasteiger partial charge in [0.05, 0.1) is 17.5 Å². The van der Waals surface area contributed by atoms with Crippen LogP contribution >= 0.6 is 0 Å². The van der Waals surface area contributed by atoms with Gasteiger partial charge in [-0.15, -0.1) is 10.2 Å². The second-order valence-corrected chi connectivity index (χ2v) is 7.07. The highest BCUT2D eigenvalue weighted by Gasteiger charge is 2.26. The Bertz CT molecular complexity index is 998. The van der Waals surface area contributed by atoms with Crippen LogP contribution in [-0.2, 0) is 0 Å². The Labute approximate surface area is 161 Å². The second-order valence-electron chi connectivity index (χ2n) is 7.07. The van der Waals surface area contributed by atoms with E-state index in [4.69, 9.17) is 9.47 Å². The molecule has 28 heavy (non-hydrogen) atoms. The molecular formula is C20H20F2N4O2. The number of aromatic nitrogens is 4. The summed E-state index contributed by atoms with van der Waals surface area (Å²) in [6.07, 6.45) is 2.11. The van der Waals surface area contributed by atoms with E-state index >= 15 is 0 Å². The molecule has 0 radical (unpaired) electrons. The Hall–Kier alpha value is -3.03. The van der Waals surface area contributed by atoms with Crippen LogP contribution in [0.2, 0.25) is 0 Å². The smallest absolute Gasteiger partial charge is 0.277 e. The predicted molar refractivity (Wildman–Crippen MR) is 98.1 cm³/mol. The fourth-order valence-corrected chi connectivity index (χ4v) is 2.82. The van der Waals surface area contributed by atoms with Gasteiger partial charge in [-0.3, -0.25) is 0 Å². The Morgan fingerprint density at radius 2 is 1.89 bits per heavy atom. The molecule has 0 bridgehead atoms. The van der Waals surface area contributed by atoms with Crippen LogP contribution < -0.4 is 9.47 Å². The number of halogens is 2. The lowest BCUT2D eigenvalue weighted by atomic mass is 10.3. The minimum atomic E-state index is -0.809. The summed E-state index contributed by atoms with van der Waals surface area (Å²) < 4.78 is 40.2. The lowest BCUT2D eigenvalue weighted by Gasteiger charge is -2.10. The molecule has 1 aliphatic carbocycles. The van der Waals surface area contributed by atoms with E-state index in [0.717, 1.165) is 30.7 Å². The van der Waals surface area contributed by atoms with E-state index in [1.165, 1.54) is 10.7 Å². The monoisotopic (exact) mass is 386 g/mol. The zero-order chi connectivity index (χ0) is 19.8. The zero-order valence-corrected chi connectivity index (χ0v) is 15.8. The molecule has 2 aromatic heterocycles. The Balaban J connectivity index is 1.71. The van der Waals surface area contributed by atoms with Gasteiger partial charge in [-0.25, -0.2) is 13.5 Å². The average Bonchev–Trinajstić information content (AvgIpc) is 3.45. The summed E-state index contributed by atoms with van der Waals surface area (Å²) in [5.74, 6) is -0.159. The van der Waals surface area contributed by atoms with Crippen molar-refractivity contribution < 1.29 is 18.3 Å². The summed E-state index contributed by atoms with van der Waals surface area (Å²) in [4.78, 5) is 0. The third-order valence-electron chi connectivity index (χ3n) is 4.37. The molecule has 8 heteroatoms. The van der Waals surface area contributed by atoms with Gasteiger partial charge in [-0.1, -0.05) is 0 Å². The minimum Gasteiger partial charge on any atom is -0.471 e. The maximum atomic E-state index is 14.1. The summed E-state index contributed by atoms with van der Waals surface area (Å²) in [5.41, 5.74) is 1.53. The maximum Gasteiger partial charge on any atom is 0.277 e. The van der Waals surface area contributed by atoms with Crippen LogP contribution in [-0.4, -0.2) is 26.1 Å². The van der Waals surface area contributed by atoms with Crippen LogP contribution in [0, 0.1) is 18.6 Å². The van der Waals surface area contributed by atoms with E-state index in [0.29, 0.717) is 17.4 Å². The molecule has 2 heterocycles. The van der Waals surface area contributed by atoms with E-state index < -0.39 is 11.6 Å². The van der Waals surface area contributed by atoms with Crippen molar-refractivity contribution in [2.75, 3.05) is 0 Å². The molecule has 4 rings (SSSR count). The molecule has 146 valence electrons. The van der Waals surface area contributed by atoms with Crippen molar-refractivity contribution >= 4 is 0 Å². The molecule has 0 atom stereocenters. The highest BCUT2D eigenvalue weighted by molar-refractivity contribution is 5.45. The van der Waals surface area contributed by atoms with Crippen molar-refractivity contribution in [1.82, 2.24) is 20.0 Å². The Morgan fingerprint density at radius 3 is 2.50 bits per heavy atom. The lowest BCUT2D eigenvalue weighted by Crippen LogP contribution is -2.08. The molecule has 0 unspecified atom stereocenters. The molecule has 6 nitrogen and oxygen atoms in total. The van der Waals surface area contributed by atoms with Crippen molar-refractivity contribution in [3.8, 4) is 23.2 Å². The van der Waals surface area contributed by atoms with Gasteiger partial charge in [0.25, 0.3) is 5.88 Å². The molecule has 1 saturated carbocycles. The van der Waals surface area contributed by atoms with Crippen molar-refractivity contribution in [3.05, 3.63) is 53.4 Å². The first kappa shape index (κ1) is 18.3. The van der Waals surface area contributed by atoms with Crippen LogP contribution in [0.1, 0.15) is 44.0 Å². The normalized spacial score (nSPS) is 13.8. The van der Waals surface area contributed by atoms with E-state index in [9.17, 15) is 8.78 Å². The standard InChI is InChI=1S/C20H20F2N4O2/c1-11(2)27-20-19(28-17-8-6-14(21)10-15(17)22)12(3)26(25-20)18-9-7-16(23-24-18)13-4-5-13/h6-11,13H,4-5H2,1-3H3. The average molecular weight is 386 g/mol. The van der Waals surface area contributed by atoms with Crippen LogP contribution in [0.4, 0.5) is 8.78 Å². The van der Waals surface area contributed by atoms with E-state index in [1.54, 1.807) is 6.92 Å². The van der Waals surface area contributed by atoms with Gasteiger partial charge >= 0.3 is 0 Å². The van der Waals surface area contributed by atoms with Crippen molar-refractivity contribution in [3.63, 3.8) is 0 Å². The van der Waals surface area contributed by atoms with Gasteiger partial charge in [0, 0.05) is 12.0 Å². The molecule has 1 aromatic carbocycles. The lowest BCUT2D eigenvalue weighted by molar-refractivity contribution is 0.223. The third kappa shape index (κ3) is 3.67. The number of nitrogens with zero attached hydrogens (tertiary/aromatic N) is 4. The molecule has 0 spiro atoms. The summed E-state index contributed by atoms with van der Waals surface area (Å²) in [6.45, 7) is 5.45. The molecule has 0 aliphatic heterocycles. The van der Waals surface area contributed by atoms with Gasteiger partial charge in [0.1, 0.15) is 5.82 Å². The highest BCUT2D eigenvalue weighted by atomic mass is 19.1. The number of hydrogen-bond donors (Lipinski definition) is 0. The van der Waals surface area contributed by atoms with Crippen molar-refractivity contribution in [1.29, 1.82) is 0 Å². The van der Waals surface area contributed by atoms with Gasteiger partial charge in [-0.05, 0) is 57.9 Å². The van der Waals surface area contributed by atoms with Gasteiger partial charge in [-0.2, -0.15) is 5.10 Å². The largest absolute Gasteiger partial charge is 0.471 e. The minimum absolute atomic E-state index is 0.118. The highest BCUT2D eigenvalue weighted by Crippen LogP contribution is 2.39. The topological polar surface area (TPSA) is 62.1 Å². The molecule has 3 aromatic rings. The van der Waals surface area contributed by atoms with Crippen LogP contribution in [0.5, 0.6) is 17.4 Å². The number of ether oxygens (including phenoxy) is 2. The maximum absolute atomic E-state index is 14.1. The zero-order valence-electron chi connectivity index (χ0n) is 15.8. The van der Waals surface area contributed by atoms with Gasteiger partial charge in [0.15, 0.2) is 17.4 Å². The first-order chi connectivity index (χ1) is 13.4. The molecule has 0 amide bonds. The second kappa shape index (κ2) is 7.18.